The number of hydrogen-bond acceptors (Lipinski definition) is 5. The maximum Gasteiger partial charge on any atom is 0.222 e. The van der Waals surface area contributed by atoms with Gasteiger partial charge in [-0.3, -0.25) is 4.90 Å². The smallest absolute Gasteiger partial charge is 0.222 e. The Balaban J connectivity index is 1.75. The van der Waals surface area contributed by atoms with Crippen LogP contribution in [0.25, 0.3) is 11.3 Å². The molecule has 0 bridgehead atoms. The zero-order valence-electron chi connectivity index (χ0n) is 18.8. The average Bonchev–Trinajstić information content (AvgIpc) is 3.44. The van der Waals surface area contributed by atoms with E-state index in [1.807, 2.05) is 49.4 Å². The predicted octanol–water partition coefficient (Wildman–Crippen LogP) is 5.38. The van der Waals surface area contributed by atoms with Crippen LogP contribution >= 0.6 is 0 Å². The molecule has 0 saturated carbocycles. The summed E-state index contributed by atoms with van der Waals surface area (Å²) in [5.41, 5.74) is 2.49. The lowest BCUT2D eigenvalue weighted by Crippen LogP contribution is -2.31. The number of furan rings is 1. The van der Waals surface area contributed by atoms with Gasteiger partial charge in [0.05, 0.1) is 24.5 Å². The minimum absolute atomic E-state index is 0.132. The topological polar surface area (TPSA) is 63.7 Å². The molecule has 0 aliphatic heterocycles. The number of ether oxygens (including phenoxy) is 1. The number of aliphatic hydroxyl groups excluding tert-OH is 1. The third-order valence-electron chi connectivity index (χ3n) is 5.46. The number of aliphatic hydroxyl groups is 1. The molecule has 4 aromatic rings. The number of nitrogens with zero attached hydrogens (tertiary/aromatic N) is 3. The molecule has 0 radical (unpaired) electrons. The lowest BCUT2D eigenvalue weighted by atomic mass is 10.1. The molecule has 0 saturated heterocycles. The second-order valence-corrected chi connectivity index (χ2v) is 7.97. The van der Waals surface area contributed by atoms with E-state index < -0.39 is 11.9 Å². The number of para-hydroxylation sites is 1. The summed E-state index contributed by atoms with van der Waals surface area (Å²) in [6, 6.07) is 19.9. The summed E-state index contributed by atoms with van der Waals surface area (Å²) in [4.78, 5) is 2.09. The van der Waals surface area contributed by atoms with Gasteiger partial charge in [0.15, 0.2) is 11.6 Å². The van der Waals surface area contributed by atoms with E-state index in [0.717, 1.165) is 22.6 Å². The number of halogens is 1. The number of hydrogen-bond donors (Lipinski definition) is 1. The van der Waals surface area contributed by atoms with E-state index in [1.54, 1.807) is 36.2 Å². The van der Waals surface area contributed by atoms with Crippen LogP contribution in [0.4, 0.5) is 4.39 Å². The molecule has 7 heteroatoms. The molecule has 6 nitrogen and oxygen atoms in total. The third-order valence-corrected chi connectivity index (χ3v) is 5.46. The van der Waals surface area contributed by atoms with E-state index in [1.165, 1.54) is 6.07 Å². The van der Waals surface area contributed by atoms with Crippen molar-refractivity contribution in [3.05, 3.63) is 90.1 Å². The van der Waals surface area contributed by atoms with Crippen LogP contribution < -0.4 is 4.74 Å². The maximum absolute atomic E-state index is 14.4. The Bertz CT molecular complexity index is 1160. The Hall–Kier alpha value is -3.42. The Labute approximate surface area is 192 Å². The van der Waals surface area contributed by atoms with Crippen molar-refractivity contribution < 1.29 is 18.7 Å². The first-order valence-corrected chi connectivity index (χ1v) is 11.0. The normalized spacial score (nSPS) is 12.3. The van der Waals surface area contributed by atoms with Crippen LogP contribution in [0.3, 0.4) is 0 Å². The fourth-order valence-corrected chi connectivity index (χ4v) is 3.74. The highest BCUT2D eigenvalue weighted by atomic mass is 19.1. The van der Waals surface area contributed by atoms with Gasteiger partial charge in [0.25, 0.3) is 0 Å². The lowest BCUT2D eigenvalue weighted by molar-refractivity contribution is 0.0970. The van der Waals surface area contributed by atoms with Crippen LogP contribution in [-0.4, -0.2) is 32.4 Å². The van der Waals surface area contributed by atoms with Crippen LogP contribution in [0.2, 0.25) is 0 Å². The molecule has 2 heterocycles. The molecule has 0 amide bonds. The van der Waals surface area contributed by atoms with Gasteiger partial charge in [0, 0.05) is 25.7 Å². The monoisotopic (exact) mass is 449 g/mol. The SMILES string of the molecule is CCC(O)CN(Cc1ccco1)Cc1c(-c2ccccc2)nn(C)c1Oc1ccccc1F. The number of aromatic nitrogens is 2. The van der Waals surface area contributed by atoms with E-state index in [4.69, 9.17) is 14.3 Å². The number of rotatable bonds is 10. The summed E-state index contributed by atoms with van der Waals surface area (Å²) in [7, 11) is 1.78. The first-order chi connectivity index (χ1) is 16.0. The fourth-order valence-electron chi connectivity index (χ4n) is 3.74. The van der Waals surface area contributed by atoms with Crippen molar-refractivity contribution in [2.75, 3.05) is 6.54 Å². The maximum atomic E-state index is 14.4. The van der Waals surface area contributed by atoms with Gasteiger partial charge in [-0.25, -0.2) is 9.07 Å². The second kappa shape index (κ2) is 10.5. The summed E-state index contributed by atoms with van der Waals surface area (Å²) in [5, 5.41) is 15.1. The molecule has 1 N–H and O–H groups in total. The summed E-state index contributed by atoms with van der Waals surface area (Å²) >= 11 is 0. The number of aryl methyl sites for hydroxylation is 1. The molecular formula is C26H28FN3O3. The first kappa shape index (κ1) is 22.8. The van der Waals surface area contributed by atoms with E-state index in [-0.39, 0.29) is 5.75 Å². The third kappa shape index (κ3) is 5.50. The average molecular weight is 450 g/mol. The van der Waals surface area contributed by atoms with E-state index in [0.29, 0.717) is 31.9 Å². The Kier molecular flexibility index (Phi) is 7.22. The van der Waals surface area contributed by atoms with E-state index >= 15 is 0 Å². The summed E-state index contributed by atoms with van der Waals surface area (Å²) in [6.45, 7) is 3.33. The highest BCUT2D eigenvalue weighted by Crippen LogP contribution is 2.35. The van der Waals surface area contributed by atoms with Crippen LogP contribution in [0.15, 0.2) is 77.4 Å². The fraction of sp³-hybridized carbons (Fsp3) is 0.269. The van der Waals surface area contributed by atoms with Gasteiger partial charge in [0.2, 0.25) is 5.88 Å². The van der Waals surface area contributed by atoms with E-state index in [2.05, 4.69) is 4.90 Å². The van der Waals surface area contributed by atoms with Gasteiger partial charge < -0.3 is 14.3 Å². The zero-order chi connectivity index (χ0) is 23.2. The number of benzene rings is 2. The van der Waals surface area contributed by atoms with Gasteiger partial charge in [-0.15, -0.1) is 0 Å². The molecule has 4 rings (SSSR count). The van der Waals surface area contributed by atoms with Crippen LogP contribution in [0.1, 0.15) is 24.7 Å². The zero-order valence-corrected chi connectivity index (χ0v) is 18.8. The highest BCUT2D eigenvalue weighted by molar-refractivity contribution is 5.65. The predicted molar refractivity (Wildman–Crippen MR) is 124 cm³/mol. The van der Waals surface area contributed by atoms with Crippen molar-refractivity contribution in [2.45, 2.75) is 32.5 Å². The lowest BCUT2D eigenvalue weighted by Gasteiger charge is -2.24. The van der Waals surface area contributed by atoms with Crippen LogP contribution in [0, 0.1) is 5.82 Å². The quantitative estimate of drug-likeness (QED) is 0.352. The van der Waals surface area contributed by atoms with Crippen LogP contribution in [0.5, 0.6) is 11.6 Å². The molecule has 33 heavy (non-hydrogen) atoms. The largest absolute Gasteiger partial charge is 0.468 e. The van der Waals surface area contributed by atoms with Gasteiger partial charge in [0.1, 0.15) is 11.5 Å². The Morgan fingerprint density at radius 3 is 2.52 bits per heavy atom. The van der Waals surface area contributed by atoms with Gasteiger partial charge in [-0.1, -0.05) is 49.4 Å². The standard InChI is InChI=1S/C26H28FN3O3/c1-3-20(31)16-30(17-21-12-9-15-32-21)18-22-25(19-10-5-4-6-11-19)28-29(2)26(22)33-24-14-8-7-13-23(24)27/h4-15,20,31H,3,16-18H2,1-2H3. The van der Waals surface area contributed by atoms with Gasteiger partial charge in [-0.2, -0.15) is 5.10 Å². The molecule has 2 aromatic heterocycles. The van der Waals surface area contributed by atoms with Crippen molar-refractivity contribution in [3.8, 4) is 22.9 Å². The van der Waals surface area contributed by atoms with Crippen molar-refractivity contribution in [1.82, 2.24) is 14.7 Å². The van der Waals surface area contributed by atoms with E-state index in [9.17, 15) is 9.50 Å². The molecule has 1 atom stereocenters. The van der Waals surface area contributed by atoms with Crippen molar-refractivity contribution in [1.29, 1.82) is 0 Å². The minimum atomic E-state index is -0.493. The minimum Gasteiger partial charge on any atom is -0.468 e. The molecule has 0 aliphatic rings. The highest BCUT2D eigenvalue weighted by Gasteiger charge is 2.24. The van der Waals surface area contributed by atoms with Crippen LogP contribution in [-0.2, 0) is 20.1 Å². The summed E-state index contributed by atoms with van der Waals surface area (Å²) in [6.07, 6.45) is 1.77. The molecule has 0 spiro atoms. The molecule has 2 aromatic carbocycles. The summed E-state index contributed by atoms with van der Waals surface area (Å²) < 4.78 is 27.6. The van der Waals surface area contributed by atoms with Crippen molar-refractivity contribution in [3.63, 3.8) is 0 Å². The molecule has 172 valence electrons. The van der Waals surface area contributed by atoms with Gasteiger partial charge >= 0.3 is 0 Å². The Morgan fingerprint density at radius 2 is 1.82 bits per heavy atom. The second-order valence-electron chi connectivity index (χ2n) is 7.97. The molecule has 0 fully saturated rings. The first-order valence-electron chi connectivity index (χ1n) is 11.0. The molecule has 1 unspecified atom stereocenters. The van der Waals surface area contributed by atoms with Gasteiger partial charge in [-0.05, 0) is 30.7 Å². The summed E-state index contributed by atoms with van der Waals surface area (Å²) in [5.74, 6) is 0.932. The Morgan fingerprint density at radius 1 is 1.06 bits per heavy atom. The molecule has 0 aliphatic carbocycles. The van der Waals surface area contributed by atoms with Crippen molar-refractivity contribution in [2.24, 2.45) is 7.05 Å². The molecular weight excluding hydrogens is 421 g/mol. The van der Waals surface area contributed by atoms with Crippen molar-refractivity contribution >= 4 is 0 Å².